The zero-order valence-corrected chi connectivity index (χ0v) is 20.5. The molecule has 36 heavy (non-hydrogen) atoms. The summed E-state index contributed by atoms with van der Waals surface area (Å²) < 4.78 is 10.7. The minimum Gasteiger partial charge on any atom is -0.497 e. The fourth-order valence-corrected chi connectivity index (χ4v) is 4.03. The van der Waals surface area contributed by atoms with Gasteiger partial charge >= 0.3 is 0 Å². The predicted molar refractivity (Wildman–Crippen MR) is 137 cm³/mol. The van der Waals surface area contributed by atoms with Crippen molar-refractivity contribution in [2.45, 2.75) is 13.0 Å². The molecule has 0 bridgehead atoms. The molecule has 186 valence electrons. The largest absolute Gasteiger partial charge is 0.497 e. The minimum absolute atomic E-state index is 0.117. The number of nitrogens with one attached hydrogen (secondary N) is 2. The van der Waals surface area contributed by atoms with Crippen LogP contribution < -0.4 is 25.0 Å². The maximum absolute atomic E-state index is 12.6. The summed E-state index contributed by atoms with van der Waals surface area (Å²) in [6.45, 7) is 0.505. The zero-order valence-electron chi connectivity index (χ0n) is 19.7. The molecule has 9 heteroatoms. The Bertz CT molecular complexity index is 1230. The molecule has 1 heterocycles. The van der Waals surface area contributed by atoms with E-state index >= 15 is 0 Å². The molecule has 0 spiro atoms. The molecule has 0 saturated carbocycles. The Labute approximate surface area is 214 Å². The van der Waals surface area contributed by atoms with E-state index in [-0.39, 0.29) is 30.7 Å². The quantitative estimate of drug-likeness (QED) is 0.455. The van der Waals surface area contributed by atoms with Crippen LogP contribution in [0.1, 0.15) is 12.0 Å². The van der Waals surface area contributed by atoms with Crippen LogP contribution in [-0.2, 0) is 20.9 Å². The van der Waals surface area contributed by atoms with Crippen LogP contribution in [0.25, 0.3) is 0 Å². The van der Waals surface area contributed by atoms with Crippen molar-refractivity contribution in [1.29, 1.82) is 0 Å². The van der Waals surface area contributed by atoms with E-state index in [9.17, 15) is 14.4 Å². The number of hydrogen-bond acceptors (Lipinski definition) is 5. The Morgan fingerprint density at radius 3 is 2.44 bits per heavy atom. The van der Waals surface area contributed by atoms with Crippen LogP contribution in [-0.4, -0.2) is 38.0 Å². The van der Waals surface area contributed by atoms with Crippen molar-refractivity contribution in [1.82, 2.24) is 5.32 Å². The van der Waals surface area contributed by atoms with Crippen molar-refractivity contribution in [2.24, 2.45) is 5.92 Å². The van der Waals surface area contributed by atoms with Crippen LogP contribution in [0.4, 0.5) is 11.4 Å². The first-order chi connectivity index (χ1) is 17.4. The van der Waals surface area contributed by atoms with Crippen LogP contribution in [0.2, 0.25) is 5.02 Å². The van der Waals surface area contributed by atoms with Gasteiger partial charge in [0.15, 0.2) is 6.61 Å². The number of anilines is 2. The first kappa shape index (κ1) is 25.1. The third kappa shape index (κ3) is 6.55. The number of halogens is 1. The number of carbonyl (C=O) groups is 3. The first-order valence-electron chi connectivity index (χ1n) is 11.4. The molecule has 0 aliphatic carbocycles. The van der Waals surface area contributed by atoms with Gasteiger partial charge in [0.25, 0.3) is 5.91 Å². The molecular formula is C27H26ClN3O5. The average molecular weight is 508 g/mol. The molecule has 3 aromatic carbocycles. The number of benzene rings is 3. The lowest BCUT2D eigenvalue weighted by Gasteiger charge is -2.17. The van der Waals surface area contributed by atoms with E-state index in [2.05, 4.69) is 10.6 Å². The van der Waals surface area contributed by atoms with Crippen LogP contribution >= 0.6 is 11.6 Å². The smallest absolute Gasteiger partial charge is 0.262 e. The molecule has 0 radical (unpaired) electrons. The second-order valence-corrected chi connectivity index (χ2v) is 8.75. The van der Waals surface area contributed by atoms with E-state index in [4.69, 9.17) is 21.1 Å². The third-order valence-corrected chi connectivity index (χ3v) is 5.98. The molecular weight excluding hydrogens is 482 g/mol. The second-order valence-electron chi connectivity index (χ2n) is 8.31. The van der Waals surface area contributed by atoms with E-state index in [1.807, 2.05) is 24.3 Å². The van der Waals surface area contributed by atoms with Gasteiger partial charge in [0.1, 0.15) is 11.5 Å². The lowest BCUT2D eigenvalue weighted by molar-refractivity contribution is -0.126. The predicted octanol–water partition coefficient (Wildman–Crippen LogP) is 4.04. The average Bonchev–Trinajstić information content (AvgIpc) is 3.28. The van der Waals surface area contributed by atoms with Gasteiger partial charge in [-0.05, 0) is 60.2 Å². The first-order valence-corrected chi connectivity index (χ1v) is 11.8. The summed E-state index contributed by atoms with van der Waals surface area (Å²) in [6, 6.07) is 21.1. The van der Waals surface area contributed by atoms with Gasteiger partial charge in [-0.3, -0.25) is 14.4 Å². The lowest BCUT2D eigenvalue weighted by atomic mass is 10.1. The normalized spacial score (nSPS) is 14.9. The molecule has 0 aromatic heterocycles. The summed E-state index contributed by atoms with van der Waals surface area (Å²) in [4.78, 5) is 38.9. The van der Waals surface area contributed by atoms with Gasteiger partial charge in [-0.15, -0.1) is 0 Å². The summed E-state index contributed by atoms with van der Waals surface area (Å²) in [6.07, 6.45) is 0.149. The fraction of sp³-hybridized carbons (Fsp3) is 0.222. The Morgan fingerprint density at radius 1 is 1.03 bits per heavy atom. The summed E-state index contributed by atoms with van der Waals surface area (Å²) in [7, 11) is 1.60. The van der Waals surface area contributed by atoms with Gasteiger partial charge in [-0.25, -0.2) is 0 Å². The number of methoxy groups -OCH3 is 1. The summed E-state index contributed by atoms with van der Waals surface area (Å²) in [5.41, 5.74) is 2.20. The maximum atomic E-state index is 12.6. The van der Waals surface area contributed by atoms with Crippen molar-refractivity contribution in [2.75, 3.05) is 30.5 Å². The molecule has 2 N–H and O–H groups in total. The highest BCUT2D eigenvalue weighted by Gasteiger charge is 2.35. The highest BCUT2D eigenvalue weighted by Crippen LogP contribution is 2.27. The van der Waals surface area contributed by atoms with Crippen molar-refractivity contribution >= 4 is 40.7 Å². The number of rotatable bonds is 9. The Morgan fingerprint density at radius 2 is 1.75 bits per heavy atom. The van der Waals surface area contributed by atoms with Crippen LogP contribution in [0.15, 0.2) is 72.8 Å². The van der Waals surface area contributed by atoms with Crippen molar-refractivity contribution < 1.29 is 23.9 Å². The van der Waals surface area contributed by atoms with E-state index < -0.39 is 5.92 Å². The molecule has 8 nitrogen and oxygen atoms in total. The summed E-state index contributed by atoms with van der Waals surface area (Å²) >= 11 is 5.92. The minimum atomic E-state index is -0.429. The SMILES string of the molecule is COc1ccc(CNC(=O)[C@H]2CC(=O)N(c3ccc(OCC(=O)Nc4cccc(Cl)c4)cc3)C2)cc1. The molecule has 1 saturated heterocycles. The van der Waals surface area contributed by atoms with Crippen LogP contribution in [0.3, 0.4) is 0 Å². The molecule has 1 fully saturated rings. The summed E-state index contributed by atoms with van der Waals surface area (Å²) in [5, 5.41) is 6.14. The highest BCUT2D eigenvalue weighted by molar-refractivity contribution is 6.30. The number of ether oxygens (including phenoxy) is 2. The van der Waals surface area contributed by atoms with Gasteiger partial charge in [-0.1, -0.05) is 29.8 Å². The molecule has 3 aromatic rings. The highest BCUT2D eigenvalue weighted by atomic mass is 35.5. The molecule has 0 unspecified atom stereocenters. The maximum Gasteiger partial charge on any atom is 0.262 e. The Hall–Kier alpha value is -4.04. The monoisotopic (exact) mass is 507 g/mol. The van der Waals surface area contributed by atoms with Gasteiger partial charge in [0.2, 0.25) is 11.8 Å². The topological polar surface area (TPSA) is 97.0 Å². The van der Waals surface area contributed by atoms with Crippen molar-refractivity contribution in [3.8, 4) is 11.5 Å². The molecule has 1 aliphatic rings. The Kier molecular flexibility index (Phi) is 8.07. The molecule has 3 amide bonds. The molecule has 4 rings (SSSR count). The zero-order chi connectivity index (χ0) is 25.5. The molecule has 1 atom stereocenters. The van der Waals surface area contributed by atoms with E-state index in [0.717, 1.165) is 11.3 Å². The van der Waals surface area contributed by atoms with Gasteiger partial charge in [0, 0.05) is 35.9 Å². The van der Waals surface area contributed by atoms with E-state index in [1.165, 1.54) is 0 Å². The van der Waals surface area contributed by atoms with Gasteiger partial charge in [0.05, 0.1) is 13.0 Å². The van der Waals surface area contributed by atoms with Crippen LogP contribution in [0.5, 0.6) is 11.5 Å². The van der Waals surface area contributed by atoms with Gasteiger partial charge in [-0.2, -0.15) is 0 Å². The van der Waals surface area contributed by atoms with Gasteiger partial charge < -0.3 is 25.0 Å². The van der Waals surface area contributed by atoms with Crippen molar-refractivity contribution in [3.05, 3.63) is 83.4 Å². The fourth-order valence-electron chi connectivity index (χ4n) is 3.84. The summed E-state index contributed by atoms with van der Waals surface area (Å²) in [5.74, 6) is 0.211. The standard InChI is InChI=1S/C27H26ClN3O5/c1-35-23-9-5-18(6-10-23)15-29-27(34)19-13-26(33)31(16-19)22-7-11-24(12-8-22)36-17-25(32)30-21-4-2-3-20(28)14-21/h2-12,14,19H,13,15-17H2,1H3,(H,29,34)(H,30,32)/t19-/m0/s1. The van der Waals surface area contributed by atoms with E-state index in [0.29, 0.717) is 35.2 Å². The Balaban J connectivity index is 1.26. The number of amides is 3. The number of carbonyl (C=O) groups excluding carboxylic acids is 3. The second kappa shape index (κ2) is 11.6. The van der Waals surface area contributed by atoms with E-state index in [1.54, 1.807) is 60.5 Å². The van der Waals surface area contributed by atoms with Crippen molar-refractivity contribution in [3.63, 3.8) is 0 Å². The van der Waals surface area contributed by atoms with Crippen LogP contribution in [0, 0.1) is 5.92 Å². The number of hydrogen-bond donors (Lipinski definition) is 2. The molecule has 1 aliphatic heterocycles. The third-order valence-electron chi connectivity index (χ3n) is 5.75. The lowest BCUT2D eigenvalue weighted by Crippen LogP contribution is -2.32. The number of nitrogens with zero attached hydrogens (tertiary/aromatic N) is 1.